The van der Waals surface area contributed by atoms with Gasteiger partial charge in [-0.05, 0) is 26.0 Å². The lowest BCUT2D eigenvalue weighted by molar-refractivity contribution is 0.156. The standard InChI is InChI=1S/C13H18BrFN2/c1-9-8-17(6-5-16-9)10(2)12-4-3-11(14)7-13(12)15/h3-4,7,9-10,16H,5-6,8H2,1-2H3. The van der Waals surface area contributed by atoms with Gasteiger partial charge < -0.3 is 5.32 Å². The predicted molar refractivity (Wildman–Crippen MR) is 71.6 cm³/mol. The van der Waals surface area contributed by atoms with Gasteiger partial charge in [0, 0.05) is 41.8 Å². The summed E-state index contributed by atoms with van der Waals surface area (Å²) < 4.78 is 14.7. The summed E-state index contributed by atoms with van der Waals surface area (Å²) in [6.45, 7) is 7.16. The molecule has 1 aromatic carbocycles. The van der Waals surface area contributed by atoms with Crippen LogP contribution < -0.4 is 5.32 Å². The minimum absolute atomic E-state index is 0.127. The summed E-state index contributed by atoms with van der Waals surface area (Å²) in [5.74, 6) is -0.127. The molecule has 0 aromatic heterocycles. The summed E-state index contributed by atoms with van der Waals surface area (Å²) in [6, 6.07) is 5.92. The van der Waals surface area contributed by atoms with Crippen molar-refractivity contribution in [1.29, 1.82) is 0 Å². The maximum atomic E-state index is 13.9. The fraction of sp³-hybridized carbons (Fsp3) is 0.538. The van der Waals surface area contributed by atoms with Crippen LogP contribution in [0, 0.1) is 5.82 Å². The van der Waals surface area contributed by atoms with Crippen LogP contribution in [0.2, 0.25) is 0 Å². The second-order valence-corrected chi connectivity index (χ2v) is 5.61. The Balaban J connectivity index is 2.15. The quantitative estimate of drug-likeness (QED) is 0.903. The Morgan fingerprint density at radius 1 is 1.53 bits per heavy atom. The Kier molecular flexibility index (Phi) is 4.17. The molecule has 94 valence electrons. The van der Waals surface area contributed by atoms with E-state index >= 15 is 0 Å². The van der Waals surface area contributed by atoms with Crippen LogP contribution in [0.3, 0.4) is 0 Å². The highest BCUT2D eigenvalue weighted by molar-refractivity contribution is 9.10. The molecule has 1 saturated heterocycles. The molecule has 0 bridgehead atoms. The fourth-order valence-electron chi connectivity index (χ4n) is 2.35. The second kappa shape index (κ2) is 5.46. The van der Waals surface area contributed by atoms with E-state index in [4.69, 9.17) is 0 Å². The van der Waals surface area contributed by atoms with Gasteiger partial charge in [-0.25, -0.2) is 4.39 Å². The van der Waals surface area contributed by atoms with E-state index in [9.17, 15) is 4.39 Å². The van der Waals surface area contributed by atoms with Gasteiger partial charge in [-0.1, -0.05) is 22.0 Å². The van der Waals surface area contributed by atoms with Gasteiger partial charge in [0.05, 0.1) is 0 Å². The number of rotatable bonds is 2. The SMILES string of the molecule is CC1CN(C(C)c2ccc(Br)cc2F)CCN1. The van der Waals surface area contributed by atoms with Crippen molar-refractivity contribution >= 4 is 15.9 Å². The summed E-state index contributed by atoms with van der Waals surface area (Å²) in [4.78, 5) is 2.33. The molecule has 0 amide bonds. The predicted octanol–water partition coefficient (Wildman–Crippen LogP) is 2.94. The number of benzene rings is 1. The minimum Gasteiger partial charge on any atom is -0.312 e. The first-order valence-electron chi connectivity index (χ1n) is 6.00. The molecular weight excluding hydrogens is 283 g/mol. The van der Waals surface area contributed by atoms with Crippen LogP contribution in [0.4, 0.5) is 4.39 Å². The summed E-state index contributed by atoms with van der Waals surface area (Å²) >= 11 is 3.29. The van der Waals surface area contributed by atoms with Gasteiger partial charge >= 0.3 is 0 Å². The zero-order chi connectivity index (χ0) is 12.4. The average Bonchev–Trinajstić information content (AvgIpc) is 2.28. The maximum Gasteiger partial charge on any atom is 0.129 e. The molecule has 17 heavy (non-hydrogen) atoms. The molecule has 1 fully saturated rings. The number of nitrogens with one attached hydrogen (secondary N) is 1. The highest BCUT2D eigenvalue weighted by Crippen LogP contribution is 2.26. The second-order valence-electron chi connectivity index (χ2n) is 4.69. The number of piperazine rings is 1. The van der Waals surface area contributed by atoms with Crippen LogP contribution in [0.5, 0.6) is 0 Å². The molecule has 2 atom stereocenters. The topological polar surface area (TPSA) is 15.3 Å². The molecule has 1 heterocycles. The molecule has 2 unspecified atom stereocenters. The number of hydrogen-bond acceptors (Lipinski definition) is 2. The van der Waals surface area contributed by atoms with E-state index in [-0.39, 0.29) is 11.9 Å². The van der Waals surface area contributed by atoms with Crippen molar-refractivity contribution in [2.75, 3.05) is 19.6 Å². The third kappa shape index (κ3) is 3.06. The highest BCUT2D eigenvalue weighted by atomic mass is 79.9. The molecule has 2 nitrogen and oxygen atoms in total. The molecule has 1 N–H and O–H groups in total. The van der Waals surface area contributed by atoms with Gasteiger partial charge in [0.15, 0.2) is 0 Å². The largest absolute Gasteiger partial charge is 0.312 e. The Hall–Kier alpha value is -0.450. The van der Waals surface area contributed by atoms with E-state index in [0.717, 1.165) is 29.7 Å². The third-order valence-corrected chi connectivity index (χ3v) is 3.85. The van der Waals surface area contributed by atoms with E-state index in [0.29, 0.717) is 6.04 Å². The van der Waals surface area contributed by atoms with Crippen molar-refractivity contribution in [2.45, 2.75) is 25.9 Å². The van der Waals surface area contributed by atoms with E-state index in [1.807, 2.05) is 12.1 Å². The van der Waals surface area contributed by atoms with Crippen molar-refractivity contribution in [2.24, 2.45) is 0 Å². The van der Waals surface area contributed by atoms with Gasteiger partial charge in [0.2, 0.25) is 0 Å². The van der Waals surface area contributed by atoms with Crippen molar-refractivity contribution in [3.63, 3.8) is 0 Å². The lowest BCUT2D eigenvalue weighted by Crippen LogP contribution is -2.49. The molecule has 0 aliphatic carbocycles. The molecule has 0 spiro atoms. The molecule has 4 heteroatoms. The minimum atomic E-state index is -0.127. The van der Waals surface area contributed by atoms with E-state index < -0.39 is 0 Å². The van der Waals surface area contributed by atoms with Gasteiger partial charge in [-0.2, -0.15) is 0 Å². The molecule has 2 rings (SSSR count). The monoisotopic (exact) mass is 300 g/mol. The zero-order valence-electron chi connectivity index (χ0n) is 10.2. The maximum absolute atomic E-state index is 13.9. The van der Waals surface area contributed by atoms with Gasteiger partial charge in [0.1, 0.15) is 5.82 Å². The first kappa shape index (κ1) is 13.0. The smallest absolute Gasteiger partial charge is 0.129 e. The Morgan fingerprint density at radius 2 is 2.29 bits per heavy atom. The van der Waals surface area contributed by atoms with Crippen LogP contribution >= 0.6 is 15.9 Å². The number of halogens is 2. The van der Waals surface area contributed by atoms with Crippen molar-refractivity contribution in [1.82, 2.24) is 10.2 Å². The molecular formula is C13H18BrFN2. The first-order chi connectivity index (χ1) is 8.08. The molecule has 0 saturated carbocycles. The lowest BCUT2D eigenvalue weighted by atomic mass is 10.0. The molecule has 0 radical (unpaired) electrons. The third-order valence-electron chi connectivity index (χ3n) is 3.36. The van der Waals surface area contributed by atoms with Gasteiger partial charge in [0.25, 0.3) is 0 Å². The summed E-state index contributed by atoms with van der Waals surface area (Å²) in [6.07, 6.45) is 0. The number of nitrogens with zero attached hydrogens (tertiary/aromatic N) is 1. The zero-order valence-corrected chi connectivity index (χ0v) is 11.8. The molecule has 1 aromatic rings. The molecule has 1 aliphatic rings. The highest BCUT2D eigenvalue weighted by Gasteiger charge is 2.23. The first-order valence-corrected chi connectivity index (χ1v) is 6.79. The normalized spacial score (nSPS) is 23.6. The summed E-state index contributed by atoms with van der Waals surface area (Å²) in [5.41, 5.74) is 0.780. The molecule has 1 aliphatic heterocycles. The van der Waals surface area contributed by atoms with E-state index in [1.165, 1.54) is 6.07 Å². The van der Waals surface area contributed by atoms with Crippen LogP contribution in [-0.2, 0) is 0 Å². The summed E-state index contributed by atoms with van der Waals surface area (Å²) in [7, 11) is 0. The van der Waals surface area contributed by atoms with Crippen LogP contribution in [0.1, 0.15) is 25.5 Å². The number of hydrogen-bond donors (Lipinski definition) is 1. The summed E-state index contributed by atoms with van der Waals surface area (Å²) in [5, 5.41) is 3.40. The van der Waals surface area contributed by atoms with Crippen molar-refractivity contribution < 1.29 is 4.39 Å². The average molecular weight is 301 g/mol. The van der Waals surface area contributed by atoms with Crippen LogP contribution in [-0.4, -0.2) is 30.6 Å². The lowest BCUT2D eigenvalue weighted by Gasteiger charge is -2.36. The van der Waals surface area contributed by atoms with Crippen molar-refractivity contribution in [3.05, 3.63) is 34.1 Å². The van der Waals surface area contributed by atoms with E-state index in [1.54, 1.807) is 0 Å². The van der Waals surface area contributed by atoms with Gasteiger partial charge in [-0.3, -0.25) is 4.90 Å². The van der Waals surface area contributed by atoms with Gasteiger partial charge in [-0.15, -0.1) is 0 Å². The Bertz CT molecular complexity index is 397. The Morgan fingerprint density at radius 3 is 2.94 bits per heavy atom. The fourth-order valence-corrected chi connectivity index (χ4v) is 2.68. The van der Waals surface area contributed by atoms with Crippen molar-refractivity contribution in [3.8, 4) is 0 Å². The van der Waals surface area contributed by atoms with Crippen LogP contribution in [0.15, 0.2) is 22.7 Å². The Labute approximate surface area is 110 Å². The van der Waals surface area contributed by atoms with Crippen LogP contribution in [0.25, 0.3) is 0 Å². The van der Waals surface area contributed by atoms with E-state index in [2.05, 4.69) is 40.0 Å².